The van der Waals surface area contributed by atoms with Crippen LogP contribution in [0.25, 0.3) is 0 Å². The first-order valence-corrected chi connectivity index (χ1v) is 11.3. The Morgan fingerprint density at radius 2 is 1.85 bits per heavy atom. The summed E-state index contributed by atoms with van der Waals surface area (Å²) in [6.07, 6.45) is -1.74. The molecule has 1 N–H and O–H groups in total. The van der Waals surface area contributed by atoms with Crippen molar-refractivity contribution in [2.75, 3.05) is 6.61 Å². The van der Waals surface area contributed by atoms with E-state index in [4.69, 9.17) is 14.2 Å². The van der Waals surface area contributed by atoms with Crippen LogP contribution in [-0.2, 0) is 38.2 Å². The molecular formula is C24H30O9. The van der Waals surface area contributed by atoms with E-state index in [1.807, 2.05) is 13.8 Å². The van der Waals surface area contributed by atoms with Crippen molar-refractivity contribution < 1.29 is 43.3 Å². The van der Waals surface area contributed by atoms with Gasteiger partial charge in [-0.1, -0.05) is 27.2 Å². The Morgan fingerprint density at radius 3 is 2.39 bits per heavy atom. The van der Waals surface area contributed by atoms with E-state index in [1.54, 1.807) is 6.92 Å². The molecule has 0 heterocycles. The van der Waals surface area contributed by atoms with Gasteiger partial charge in [-0.15, -0.1) is 0 Å². The Hall–Kier alpha value is -2.55. The van der Waals surface area contributed by atoms with E-state index in [9.17, 15) is 29.1 Å². The average molecular weight is 462 g/mol. The fourth-order valence-electron chi connectivity index (χ4n) is 7.25. The zero-order valence-electron chi connectivity index (χ0n) is 19.3. The van der Waals surface area contributed by atoms with Gasteiger partial charge in [0, 0.05) is 34.8 Å². The minimum absolute atomic E-state index is 0.000717. The molecule has 0 aromatic rings. The molecule has 1 spiro atoms. The lowest BCUT2D eigenvalue weighted by atomic mass is 9.46. The highest BCUT2D eigenvalue weighted by atomic mass is 16.6. The average Bonchev–Trinajstić information content (AvgIpc) is 3.41. The van der Waals surface area contributed by atoms with Crippen molar-refractivity contribution in [2.45, 2.75) is 71.7 Å². The molecule has 0 unspecified atom stereocenters. The highest BCUT2D eigenvalue weighted by Crippen LogP contribution is 2.67. The summed E-state index contributed by atoms with van der Waals surface area (Å²) in [5.74, 6) is -2.39. The maximum atomic E-state index is 14.0. The third-order valence-electron chi connectivity index (χ3n) is 8.61. The number of fused-ring (bicyclic) bond motifs is 2. The molecule has 2 fully saturated rings. The second-order valence-corrected chi connectivity index (χ2v) is 10.6. The Bertz CT molecular complexity index is 954. The van der Waals surface area contributed by atoms with Crippen LogP contribution in [0.5, 0.6) is 0 Å². The quantitative estimate of drug-likeness (QED) is 0.352. The molecule has 0 aromatic heterocycles. The largest absolute Gasteiger partial charge is 0.467 e. The van der Waals surface area contributed by atoms with E-state index < -0.39 is 58.0 Å². The van der Waals surface area contributed by atoms with Crippen LogP contribution in [0.1, 0.15) is 53.4 Å². The minimum Gasteiger partial charge on any atom is -0.467 e. The highest BCUT2D eigenvalue weighted by molar-refractivity contribution is 6.20. The Morgan fingerprint density at radius 1 is 1.18 bits per heavy atom. The summed E-state index contributed by atoms with van der Waals surface area (Å²) in [6, 6.07) is 0. The predicted molar refractivity (Wildman–Crippen MR) is 111 cm³/mol. The third-order valence-corrected chi connectivity index (χ3v) is 8.61. The van der Waals surface area contributed by atoms with Crippen LogP contribution in [0.15, 0.2) is 11.1 Å². The standard InChI is InChI=1S/C24H30O9/c1-12-8-24(12)20(30)14-15(16(28)21(24)33-13(2)27)23(4)7-5-6-22(3,9-31-10-25)19(23)17(29)18(14)32-11-26/h10-12,17-19,21,29H,5-9H2,1-4H3/t12-,17+,18-,19-,21-,22+,23+,24-/m0/s1. The molecule has 0 aliphatic heterocycles. The van der Waals surface area contributed by atoms with E-state index >= 15 is 0 Å². The van der Waals surface area contributed by atoms with Crippen LogP contribution in [-0.4, -0.2) is 60.5 Å². The van der Waals surface area contributed by atoms with Gasteiger partial charge in [0.1, 0.15) is 0 Å². The number of carbonyl (C=O) groups is 5. The fourth-order valence-corrected chi connectivity index (χ4v) is 7.25. The molecule has 2 saturated carbocycles. The number of esters is 1. The molecule has 0 aromatic carbocycles. The molecule has 180 valence electrons. The second kappa shape index (κ2) is 7.75. The molecule has 0 radical (unpaired) electrons. The van der Waals surface area contributed by atoms with Crippen LogP contribution < -0.4 is 0 Å². The van der Waals surface area contributed by atoms with E-state index in [2.05, 4.69) is 0 Å². The van der Waals surface area contributed by atoms with Gasteiger partial charge in [0.2, 0.25) is 5.78 Å². The normalized spacial score (nSPS) is 44.0. The molecule has 4 aliphatic carbocycles. The molecule has 0 saturated heterocycles. The maximum absolute atomic E-state index is 14.0. The summed E-state index contributed by atoms with van der Waals surface area (Å²) in [7, 11) is 0. The lowest BCUT2D eigenvalue weighted by molar-refractivity contribution is -0.175. The van der Waals surface area contributed by atoms with Crippen molar-refractivity contribution >= 4 is 30.5 Å². The molecule has 8 atom stereocenters. The molecule has 4 aliphatic rings. The predicted octanol–water partition coefficient (Wildman–Crippen LogP) is 1.29. The highest BCUT2D eigenvalue weighted by Gasteiger charge is 2.73. The van der Waals surface area contributed by atoms with E-state index in [0.717, 1.165) is 0 Å². The van der Waals surface area contributed by atoms with Crippen molar-refractivity contribution in [3.63, 3.8) is 0 Å². The van der Waals surface area contributed by atoms with Crippen LogP contribution in [0, 0.1) is 28.1 Å². The number of ketones is 2. The number of Topliss-reactive ketones (excluding diaryl/α,β-unsaturated/α-hetero) is 2. The monoisotopic (exact) mass is 462 g/mol. The number of hydrogen-bond acceptors (Lipinski definition) is 9. The van der Waals surface area contributed by atoms with Crippen LogP contribution in [0.4, 0.5) is 0 Å². The summed E-state index contributed by atoms with van der Waals surface area (Å²) < 4.78 is 15.8. The van der Waals surface area contributed by atoms with Gasteiger partial charge in [-0.05, 0) is 25.2 Å². The second-order valence-electron chi connectivity index (χ2n) is 10.6. The zero-order valence-corrected chi connectivity index (χ0v) is 19.3. The van der Waals surface area contributed by atoms with E-state index in [0.29, 0.717) is 32.2 Å². The van der Waals surface area contributed by atoms with Crippen molar-refractivity contribution in [1.82, 2.24) is 0 Å². The summed E-state index contributed by atoms with van der Waals surface area (Å²) >= 11 is 0. The van der Waals surface area contributed by atoms with Gasteiger partial charge >= 0.3 is 5.97 Å². The van der Waals surface area contributed by atoms with Crippen molar-refractivity contribution in [1.29, 1.82) is 0 Å². The van der Waals surface area contributed by atoms with Crippen molar-refractivity contribution in [3.8, 4) is 0 Å². The molecule has 9 nitrogen and oxygen atoms in total. The van der Waals surface area contributed by atoms with Gasteiger partial charge in [0.15, 0.2) is 18.0 Å². The molecular weight excluding hydrogens is 432 g/mol. The van der Waals surface area contributed by atoms with Crippen molar-refractivity contribution in [2.24, 2.45) is 28.1 Å². The topological polar surface area (TPSA) is 133 Å². The summed E-state index contributed by atoms with van der Waals surface area (Å²) in [6.45, 7) is 7.18. The Labute approximate surface area is 191 Å². The molecule has 4 rings (SSSR count). The zero-order chi connectivity index (χ0) is 24.3. The third kappa shape index (κ3) is 3.11. The number of rotatable bonds is 6. The fraction of sp³-hybridized carbons (Fsp3) is 0.708. The number of hydrogen-bond donors (Lipinski definition) is 1. The van der Waals surface area contributed by atoms with Gasteiger partial charge in [-0.3, -0.25) is 24.0 Å². The van der Waals surface area contributed by atoms with Crippen LogP contribution in [0.3, 0.4) is 0 Å². The van der Waals surface area contributed by atoms with Gasteiger partial charge in [0.25, 0.3) is 12.9 Å². The molecule has 33 heavy (non-hydrogen) atoms. The number of aliphatic hydroxyl groups excluding tert-OH is 1. The first-order valence-electron chi connectivity index (χ1n) is 11.3. The molecule has 9 heteroatoms. The molecule has 0 amide bonds. The number of aliphatic hydroxyl groups is 1. The van der Waals surface area contributed by atoms with E-state index in [1.165, 1.54) is 6.92 Å². The van der Waals surface area contributed by atoms with Crippen molar-refractivity contribution in [3.05, 3.63) is 11.1 Å². The van der Waals surface area contributed by atoms with Gasteiger partial charge in [0.05, 0.1) is 18.1 Å². The lowest BCUT2D eigenvalue weighted by Gasteiger charge is -2.59. The van der Waals surface area contributed by atoms with Gasteiger partial charge in [-0.25, -0.2) is 0 Å². The smallest absolute Gasteiger partial charge is 0.303 e. The minimum atomic E-state index is -1.33. The van der Waals surface area contributed by atoms with Crippen LogP contribution >= 0.6 is 0 Å². The van der Waals surface area contributed by atoms with E-state index in [-0.39, 0.29) is 30.1 Å². The lowest BCUT2D eigenvalue weighted by Crippen LogP contribution is -2.64. The summed E-state index contributed by atoms with van der Waals surface area (Å²) in [5.41, 5.74) is -2.72. The SMILES string of the molecule is CC(=O)O[C@H]1C(=O)C2=C(C(=O)[C@@]13C[C@@H]3C)[C@H](OC=O)[C@@H](O)[C@H]1[C@@](C)(COC=O)CCC[C@]21C. The summed E-state index contributed by atoms with van der Waals surface area (Å²) in [4.78, 5) is 62.1. The number of carbonyl (C=O) groups excluding carboxylic acids is 5. The Kier molecular flexibility index (Phi) is 5.54. The van der Waals surface area contributed by atoms with Gasteiger partial charge < -0.3 is 19.3 Å². The Balaban J connectivity index is 1.94. The number of ether oxygens (including phenoxy) is 3. The molecule has 0 bridgehead atoms. The first kappa shape index (κ1) is 23.6. The summed E-state index contributed by atoms with van der Waals surface area (Å²) in [5, 5.41) is 11.5. The first-order chi connectivity index (χ1) is 15.5. The van der Waals surface area contributed by atoms with Gasteiger partial charge in [-0.2, -0.15) is 0 Å². The maximum Gasteiger partial charge on any atom is 0.303 e. The van der Waals surface area contributed by atoms with Crippen LogP contribution in [0.2, 0.25) is 0 Å².